The van der Waals surface area contributed by atoms with E-state index in [9.17, 15) is 19.2 Å². The molecule has 2 rings (SSSR count). The van der Waals surface area contributed by atoms with Gasteiger partial charge in [-0.05, 0) is 37.2 Å². The monoisotopic (exact) mass is 460 g/mol. The molecule has 1 aromatic carbocycles. The van der Waals surface area contributed by atoms with Crippen LogP contribution in [0.5, 0.6) is 0 Å². The van der Waals surface area contributed by atoms with E-state index in [0.717, 1.165) is 11.3 Å². The summed E-state index contributed by atoms with van der Waals surface area (Å²) >= 11 is 1.47. The molecule has 0 radical (unpaired) electrons. The Morgan fingerprint density at radius 1 is 1.12 bits per heavy atom. The minimum Gasteiger partial charge on any atom is -0.457 e. The van der Waals surface area contributed by atoms with E-state index in [1.807, 2.05) is 56.5 Å². The third-order valence-corrected chi connectivity index (χ3v) is 6.40. The zero-order valence-corrected chi connectivity index (χ0v) is 20.1. The van der Waals surface area contributed by atoms with Crippen LogP contribution in [0.4, 0.5) is 0 Å². The molecule has 174 valence electrons. The van der Waals surface area contributed by atoms with Crippen molar-refractivity contribution in [3.05, 3.63) is 47.0 Å². The Kier molecular flexibility index (Phi) is 9.50. The van der Waals surface area contributed by atoms with Gasteiger partial charge in [-0.2, -0.15) is 0 Å². The van der Waals surface area contributed by atoms with Gasteiger partial charge in [-0.15, -0.1) is 11.8 Å². The van der Waals surface area contributed by atoms with Crippen LogP contribution < -0.4 is 5.32 Å². The molecule has 0 saturated carbocycles. The van der Waals surface area contributed by atoms with Crippen LogP contribution in [0, 0.1) is 5.92 Å². The third-order valence-electron chi connectivity index (χ3n) is 4.95. The minimum atomic E-state index is -1.08. The van der Waals surface area contributed by atoms with Crippen LogP contribution in [0.2, 0.25) is 0 Å². The van der Waals surface area contributed by atoms with Crippen LogP contribution in [0.25, 0.3) is 0 Å². The normalized spacial score (nSPS) is 17.2. The number of allylic oxidation sites excluding steroid dienone is 1. The number of ether oxygens (including phenoxy) is 1. The molecule has 0 fully saturated rings. The number of Topliss-reactive ketones (excluding diaryl/α,β-unsaturated/α-hetero) is 1. The summed E-state index contributed by atoms with van der Waals surface area (Å²) in [6, 6.07) is 8.03. The van der Waals surface area contributed by atoms with Gasteiger partial charge >= 0.3 is 5.97 Å². The summed E-state index contributed by atoms with van der Waals surface area (Å²) in [7, 11) is 0. The number of ketones is 1. The highest BCUT2D eigenvalue weighted by atomic mass is 32.2. The molecule has 0 aromatic heterocycles. The van der Waals surface area contributed by atoms with Crippen molar-refractivity contribution in [2.24, 2.45) is 5.92 Å². The summed E-state index contributed by atoms with van der Waals surface area (Å²) < 4.78 is 5.04. The van der Waals surface area contributed by atoms with Crippen LogP contribution >= 0.6 is 11.8 Å². The number of thioether (sulfide) groups is 1. The van der Waals surface area contributed by atoms with Gasteiger partial charge in [0.1, 0.15) is 12.6 Å². The molecule has 2 amide bonds. The summed E-state index contributed by atoms with van der Waals surface area (Å²) in [5, 5.41) is 4.32. The number of benzene rings is 1. The topological polar surface area (TPSA) is 92.8 Å². The highest BCUT2D eigenvalue weighted by Crippen LogP contribution is 2.31. The van der Waals surface area contributed by atoms with Crippen molar-refractivity contribution in [2.45, 2.75) is 64.9 Å². The minimum absolute atomic E-state index is 0.117. The largest absolute Gasteiger partial charge is 0.457 e. The number of carbonyl (C=O) groups is 4. The van der Waals surface area contributed by atoms with E-state index in [0.29, 0.717) is 6.42 Å². The Labute approximate surface area is 193 Å². The average molecular weight is 461 g/mol. The predicted molar refractivity (Wildman–Crippen MR) is 125 cm³/mol. The van der Waals surface area contributed by atoms with Crippen molar-refractivity contribution in [2.75, 3.05) is 6.54 Å². The van der Waals surface area contributed by atoms with Crippen LogP contribution in [-0.2, 0) is 30.3 Å². The number of amides is 2. The van der Waals surface area contributed by atoms with Crippen molar-refractivity contribution in [1.29, 1.82) is 0 Å². The molecular weight excluding hydrogens is 428 g/mol. The van der Waals surface area contributed by atoms with Gasteiger partial charge in [0, 0.05) is 12.1 Å². The number of esters is 1. The van der Waals surface area contributed by atoms with Gasteiger partial charge in [0.25, 0.3) is 5.78 Å². The number of nitrogens with zero attached hydrogens (tertiary/aromatic N) is 1. The Balaban J connectivity index is 2.18. The van der Waals surface area contributed by atoms with E-state index in [1.165, 1.54) is 16.7 Å². The molecule has 0 bridgehead atoms. The molecule has 1 aliphatic rings. The van der Waals surface area contributed by atoms with Crippen LogP contribution in [0.15, 0.2) is 41.4 Å². The van der Waals surface area contributed by atoms with Gasteiger partial charge in [0.2, 0.25) is 11.8 Å². The molecule has 7 nitrogen and oxygen atoms in total. The highest BCUT2D eigenvalue weighted by molar-refractivity contribution is 8.03. The highest BCUT2D eigenvalue weighted by Gasteiger charge is 2.35. The van der Waals surface area contributed by atoms with Gasteiger partial charge in [-0.1, -0.05) is 51.1 Å². The number of carbonyl (C=O) groups excluding carboxylic acids is 4. The zero-order valence-electron chi connectivity index (χ0n) is 19.3. The smallest absolute Gasteiger partial charge is 0.377 e. The Morgan fingerprint density at radius 2 is 1.78 bits per heavy atom. The average Bonchev–Trinajstić information content (AvgIpc) is 2.74. The number of hydrogen-bond donors (Lipinski definition) is 1. The lowest BCUT2D eigenvalue weighted by atomic mass is 10.0. The Bertz CT molecular complexity index is 866. The molecule has 32 heavy (non-hydrogen) atoms. The van der Waals surface area contributed by atoms with E-state index < -0.39 is 29.8 Å². The predicted octanol–water partition coefficient (Wildman–Crippen LogP) is 3.09. The third kappa shape index (κ3) is 6.95. The molecular formula is C24H32N2O5S. The first-order valence-electron chi connectivity index (χ1n) is 10.9. The Hall–Kier alpha value is -2.61. The second-order valence-corrected chi connectivity index (χ2v) is 9.33. The maximum atomic E-state index is 13.0. The van der Waals surface area contributed by atoms with Crippen LogP contribution in [0.1, 0.15) is 46.6 Å². The van der Waals surface area contributed by atoms with Crippen molar-refractivity contribution < 1.29 is 23.9 Å². The fourth-order valence-corrected chi connectivity index (χ4v) is 4.48. The lowest BCUT2D eigenvalue weighted by molar-refractivity contribution is -0.157. The van der Waals surface area contributed by atoms with E-state index >= 15 is 0 Å². The summed E-state index contributed by atoms with van der Waals surface area (Å²) in [5.41, 5.74) is 1.56. The molecule has 2 atom stereocenters. The van der Waals surface area contributed by atoms with Crippen molar-refractivity contribution in [3.63, 3.8) is 0 Å². The quantitative estimate of drug-likeness (QED) is 0.426. The first-order valence-corrected chi connectivity index (χ1v) is 11.8. The van der Waals surface area contributed by atoms with Crippen LogP contribution in [0.3, 0.4) is 0 Å². The molecule has 0 spiro atoms. The van der Waals surface area contributed by atoms with Crippen molar-refractivity contribution in [3.8, 4) is 0 Å². The van der Waals surface area contributed by atoms with E-state index in [1.54, 1.807) is 13.8 Å². The maximum absolute atomic E-state index is 13.0. The molecule has 1 unspecified atom stereocenters. The van der Waals surface area contributed by atoms with E-state index in [-0.39, 0.29) is 30.0 Å². The first-order chi connectivity index (χ1) is 15.1. The number of rotatable bonds is 10. The molecule has 1 heterocycles. The van der Waals surface area contributed by atoms with Gasteiger partial charge in [0.15, 0.2) is 0 Å². The van der Waals surface area contributed by atoms with E-state index in [4.69, 9.17) is 4.74 Å². The second kappa shape index (κ2) is 11.9. The number of hydrogen-bond acceptors (Lipinski definition) is 6. The summed E-state index contributed by atoms with van der Waals surface area (Å²) in [5.74, 6) is -2.31. The molecule has 1 aliphatic heterocycles. The Morgan fingerprint density at radius 3 is 2.34 bits per heavy atom. The molecule has 0 aliphatic carbocycles. The molecule has 8 heteroatoms. The maximum Gasteiger partial charge on any atom is 0.377 e. The lowest BCUT2D eigenvalue weighted by Gasteiger charge is -2.33. The number of nitrogens with one attached hydrogen (secondary N) is 1. The van der Waals surface area contributed by atoms with E-state index in [2.05, 4.69) is 5.32 Å². The second-order valence-electron chi connectivity index (χ2n) is 8.32. The standard InChI is InChI=1S/C24H32N2O5S/c1-6-18-14-32-22(15(2)3)23(29)26(18)13-20(27)25-19(12-17-10-8-7-9-11-17)21(28)24(30)31-16(4)5/h7-11,14-16,19,22H,6,12-13H2,1-5H3,(H,25,27)/t19-,22?/m0/s1. The first kappa shape index (κ1) is 25.6. The summed E-state index contributed by atoms with van der Waals surface area (Å²) in [4.78, 5) is 52.3. The van der Waals surface area contributed by atoms with Gasteiger partial charge in [-0.3, -0.25) is 14.4 Å². The van der Waals surface area contributed by atoms with Gasteiger partial charge in [0.05, 0.1) is 11.4 Å². The molecule has 0 saturated heterocycles. The van der Waals surface area contributed by atoms with Crippen molar-refractivity contribution >= 4 is 35.3 Å². The molecule has 1 aromatic rings. The molecule has 1 N–H and O–H groups in total. The van der Waals surface area contributed by atoms with Crippen molar-refractivity contribution in [1.82, 2.24) is 10.2 Å². The van der Waals surface area contributed by atoms with Crippen LogP contribution in [-0.4, -0.2) is 52.4 Å². The van der Waals surface area contributed by atoms with Gasteiger partial charge < -0.3 is 15.0 Å². The lowest BCUT2D eigenvalue weighted by Crippen LogP contribution is -2.51. The van der Waals surface area contributed by atoms with Gasteiger partial charge in [-0.25, -0.2) is 4.79 Å². The fourth-order valence-electron chi connectivity index (χ4n) is 3.32. The SMILES string of the molecule is CCC1=CSC(C(C)C)C(=O)N1CC(=O)N[C@@H](Cc1ccccc1)C(=O)C(=O)OC(C)C. The zero-order chi connectivity index (χ0) is 23.8. The fraction of sp³-hybridized carbons (Fsp3) is 0.500. The summed E-state index contributed by atoms with van der Waals surface area (Å²) in [6.45, 7) is 8.95. The summed E-state index contributed by atoms with van der Waals surface area (Å²) in [6.07, 6.45) is 0.297.